The van der Waals surface area contributed by atoms with Gasteiger partial charge in [-0.1, -0.05) is 18.5 Å². The second kappa shape index (κ2) is 4.02. The number of halogens is 1. The Kier molecular flexibility index (Phi) is 2.65. The van der Waals surface area contributed by atoms with E-state index in [2.05, 4.69) is 12.2 Å². The van der Waals surface area contributed by atoms with Crippen LogP contribution in [0.5, 0.6) is 11.5 Å². The van der Waals surface area contributed by atoms with E-state index in [9.17, 15) is 0 Å². The van der Waals surface area contributed by atoms with E-state index in [4.69, 9.17) is 21.1 Å². The molecule has 1 aromatic rings. The van der Waals surface area contributed by atoms with Crippen molar-refractivity contribution in [2.45, 2.75) is 17.5 Å². The van der Waals surface area contributed by atoms with Gasteiger partial charge in [0.05, 0.1) is 10.4 Å². The van der Waals surface area contributed by atoms with Crippen molar-refractivity contribution in [2.75, 3.05) is 13.3 Å². The van der Waals surface area contributed by atoms with E-state index in [1.807, 2.05) is 23.9 Å². The van der Waals surface area contributed by atoms with E-state index < -0.39 is 0 Å². The summed E-state index contributed by atoms with van der Waals surface area (Å²) in [7, 11) is 0. The molecule has 2 atom stereocenters. The van der Waals surface area contributed by atoms with Crippen LogP contribution in [0.3, 0.4) is 0 Å². The fourth-order valence-electron chi connectivity index (χ4n) is 1.94. The number of fused-ring (bicyclic) bond motifs is 1. The zero-order valence-electron chi connectivity index (χ0n) is 8.83. The summed E-state index contributed by atoms with van der Waals surface area (Å²) in [5.41, 5.74) is 1.16. The minimum absolute atomic E-state index is 0.264. The van der Waals surface area contributed by atoms with Crippen molar-refractivity contribution in [3.63, 3.8) is 0 Å². The molecule has 2 aliphatic heterocycles. The van der Waals surface area contributed by atoms with Crippen molar-refractivity contribution in [3.8, 4) is 11.5 Å². The number of hydrogen-bond donors (Lipinski definition) is 1. The van der Waals surface area contributed by atoms with Gasteiger partial charge in [0.15, 0.2) is 11.5 Å². The summed E-state index contributed by atoms with van der Waals surface area (Å²) in [6.07, 6.45) is 0. The molecular formula is C11H12ClNO2S. The molecule has 3 nitrogen and oxygen atoms in total. The number of nitrogens with one attached hydrogen (secondary N) is 1. The second-order valence-corrected chi connectivity index (χ2v) is 5.93. The van der Waals surface area contributed by atoms with Gasteiger partial charge in [0.1, 0.15) is 0 Å². The van der Waals surface area contributed by atoms with E-state index in [-0.39, 0.29) is 6.79 Å². The first-order chi connectivity index (χ1) is 7.74. The Morgan fingerprint density at radius 3 is 3.06 bits per heavy atom. The van der Waals surface area contributed by atoms with E-state index in [1.165, 1.54) is 0 Å². The predicted molar refractivity (Wildman–Crippen MR) is 65.4 cm³/mol. The molecule has 0 aromatic heterocycles. The van der Waals surface area contributed by atoms with E-state index in [0.717, 1.165) is 17.9 Å². The molecule has 0 saturated carbocycles. The van der Waals surface area contributed by atoms with Crippen LogP contribution in [0.1, 0.15) is 17.9 Å². The molecule has 16 heavy (non-hydrogen) atoms. The Balaban J connectivity index is 1.94. The van der Waals surface area contributed by atoms with Crippen LogP contribution >= 0.6 is 23.4 Å². The molecule has 0 radical (unpaired) electrons. The largest absolute Gasteiger partial charge is 0.454 e. The van der Waals surface area contributed by atoms with Crippen LogP contribution in [0, 0.1) is 0 Å². The van der Waals surface area contributed by atoms with Gasteiger partial charge in [0.25, 0.3) is 0 Å². The van der Waals surface area contributed by atoms with Gasteiger partial charge in [-0.25, -0.2) is 0 Å². The Morgan fingerprint density at radius 2 is 2.31 bits per heavy atom. The average Bonchev–Trinajstić information content (AvgIpc) is 2.85. The molecule has 2 heterocycles. The average molecular weight is 258 g/mol. The van der Waals surface area contributed by atoms with Gasteiger partial charge in [0, 0.05) is 11.8 Å². The smallest absolute Gasteiger partial charge is 0.231 e. The van der Waals surface area contributed by atoms with Gasteiger partial charge in [0.2, 0.25) is 6.79 Å². The summed E-state index contributed by atoms with van der Waals surface area (Å²) in [5.74, 6) is 1.42. The predicted octanol–water partition coefficient (Wildman–Crippen LogP) is 2.79. The number of hydrogen-bond acceptors (Lipinski definition) is 4. The third kappa shape index (κ3) is 1.75. The lowest BCUT2D eigenvalue weighted by Gasteiger charge is -2.11. The van der Waals surface area contributed by atoms with Crippen LogP contribution in [0.2, 0.25) is 5.02 Å². The van der Waals surface area contributed by atoms with Crippen LogP contribution < -0.4 is 14.8 Å². The number of ether oxygens (including phenoxy) is 2. The van der Waals surface area contributed by atoms with E-state index in [0.29, 0.717) is 21.4 Å². The van der Waals surface area contributed by atoms with Crippen molar-refractivity contribution in [1.82, 2.24) is 5.32 Å². The van der Waals surface area contributed by atoms with Gasteiger partial charge in [-0.2, -0.15) is 0 Å². The quantitative estimate of drug-likeness (QED) is 0.838. The third-order valence-electron chi connectivity index (χ3n) is 2.71. The first kappa shape index (κ1) is 10.6. The monoisotopic (exact) mass is 257 g/mol. The Bertz CT molecular complexity index is 427. The molecule has 1 aromatic carbocycles. The zero-order chi connectivity index (χ0) is 11.1. The van der Waals surface area contributed by atoms with Gasteiger partial charge < -0.3 is 14.8 Å². The topological polar surface area (TPSA) is 30.5 Å². The van der Waals surface area contributed by atoms with E-state index in [1.54, 1.807) is 0 Å². The number of rotatable bonds is 1. The van der Waals surface area contributed by atoms with Crippen molar-refractivity contribution < 1.29 is 9.47 Å². The molecule has 1 fully saturated rings. The van der Waals surface area contributed by atoms with Crippen LogP contribution in [-0.4, -0.2) is 18.6 Å². The number of benzene rings is 1. The lowest BCUT2D eigenvalue weighted by molar-refractivity contribution is 0.174. The molecule has 2 aliphatic rings. The zero-order valence-corrected chi connectivity index (χ0v) is 10.4. The maximum Gasteiger partial charge on any atom is 0.231 e. The summed E-state index contributed by atoms with van der Waals surface area (Å²) in [6.45, 7) is 3.51. The molecule has 0 spiro atoms. The summed E-state index contributed by atoms with van der Waals surface area (Å²) < 4.78 is 10.6. The summed E-state index contributed by atoms with van der Waals surface area (Å²) in [5, 5.41) is 5.02. The first-order valence-electron chi connectivity index (χ1n) is 5.22. The van der Waals surface area contributed by atoms with Crippen molar-refractivity contribution in [2.24, 2.45) is 0 Å². The third-order valence-corrected chi connectivity index (χ3v) is 4.33. The standard InChI is InChI=1S/C11H12ClNO2S/c1-6-4-13-11(16-6)7-2-8(12)10-9(3-7)14-5-15-10/h2-3,6,11,13H,4-5H2,1H3. The highest BCUT2D eigenvalue weighted by atomic mass is 35.5. The highest BCUT2D eigenvalue weighted by Crippen LogP contribution is 2.44. The molecule has 5 heteroatoms. The summed E-state index contributed by atoms with van der Waals surface area (Å²) in [6, 6.07) is 3.97. The maximum absolute atomic E-state index is 6.15. The minimum atomic E-state index is 0.264. The van der Waals surface area contributed by atoms with Crippen LogP contribution in [0.4, 0.5) is 0 Å². The lowest BCUT2D eigenvalue weighted by Crippen LogP contribution is -2.13. The summed E-state index contributed by atoms with van der Waals surface area (Å²) >= 11 is 8.05. The van der Waals surface area contributed by atoms with Crippen LogP contribution in [-0.2, 0) is 0 Å². The van der Waals surface area contributed by atoms with Crippen molar-refractivity contribution >= 4 is 23.4 Å². The Labute approximate surface area is 103 Å². The fraction of sp³-hybridized carbons (Fsp3) is 0.455. The molecule has 0 aliphatic carbocycles. The van der Waals surface area contributed by atoms with Crippen molar-refractivity contribution in [3.05, 3.63) is 22.7 Å². The minimum Gasteiger partial charge on any atom is -0.454 e. The molecule has 1 saturated heterocycles. The van der Waals surface area contributed by atoms with Crippen LogP contribution in [0.25, 0.3) is 0 Å². The summed E-state index contributed by atoms with van der Waals surface area (Å²) in [4.78, 5) is 0. The van der Waals surface area contributed by atoms with Gasteiger partial charge in [-0.15, -0.1) is 11.8 Å². The molecule has 0 amide bonds. The fourth-order valence-corrected chi connectivity index (χ4v) is 3.35. The van der Waals surface area contributed by atoms with Gasteiger partial charge in [-0.3, -0.25) is 0 Å². The Morgan fingerprint density at radius 1 is 1.44 bits per heavy atom. The molecule has 3 rings (SSSR count). The lowest BCUT2D eigenvalue weighted by atomic mass is 10.2. The molecule has 86 valence electrons. The molecule has 2 unspecified atom stereocenters. The number of thioether (sulfide) groups is 1. The molecule has 1 N–H and O–H groups in total. The second-order valence-electron chi connectivity index (χ2n) is 3.97. The van der Waals surface area contributed by atoms with Crippen molar-refractivity contribution in [1.29, 1.82) is 0 Å². The van der Waals surface area contributed by atoms with E-state index >= 15 is 0 Å². The first-order valence-corrected chi connectivity index (χ1v) is 6.54. The highest BCUT2D eigenvalue weighted by molar-refractivity contribution is 8.00. The highest BCUT2D eigenvalue weighted by Gasteiger charge is 2.26. The normalized spacial score (nSPS) is 27.4. The maximum atomic E-state index is 6.15. The molecule has 0 bridgehead atoms. The molecular weight excluding hydrogens is 246 g/mol. The Hall–Kier alpha value is -0.580. The van der Waals surface area contributed by atoms with Gasteiger partial charge in [-0.05, 0) is 17.7 Å². The van der Waals surface area contributed by atoms with Gasteiger partial charge >= 0.3 is 0 Å². The SMILES string of the molecule is CC1CNC(c2cc(Cl)c3c(c2)OCO3)S1. The van der Waals surface area contributed by atoms with Crippen LogP contribution in [0.15, 0.2) is 12.1 Å².